The number of aromatic nitrogens is 1. The molecule has 2 aromatic rings. The number of hydrogen-bond acceptors (Lipinski definition) is 8. The highest BCUT2D eigenvalue weighted by atomic mass is 19.2. The Morgan fingerprint density at radius 2 is 2.05 bits per heavy atom. The van der Waals surface area contributed by atoms with Crippen LogP contribution in [-0.4, -0.2) is 66.7 Å². The van der Waals surface area contributed by atoms with Crippen LogP contribution in [0.25, 0.3) is 11.3 Å². The maximum absolute atomic E-state index is 13.6. The summed E-state index contributed by atoms with van der Waals surface area (Å²) in [6.07, 6.45) is 1.48. The number of pyridine rings is 1. The summed E-state index contributed by atoms with van der Waals surface area (Å²) in [5.74, 6) is -0.0312. The molecule has 0 unspecified atom stereocenters. The normalized spacial score (nSPS) is 23.8. The molecule has 196 valence electrons. The second kappa shape index (κ2) is 9.14. The van der Waals surface area contributed by atoms with Gasteiger partial charge in [-0.25, -0.2) is 10.5 Å². The molecule has 2 atom stereocenters. The van der Waals surface area contributed by atoms with E-state index >= 15 is 0 Å². The van der Waals surface area contributed by atoms with Gasteiger partial charge in [-0.3, -0.25) is 14.5 Å². The van der Waals surface area contributed by atoms with Crippen molar-refractivity contribution in [2.45, 2.75) is 43.7 Å². The molecule has 10 nitrogen and oxygen atoms in total. The SMILES string of the molecule is C[C@@H](Oc1nc(-c2ccc3c(c2)NC(=O)C32CCN(C3COC3)CC2)cc(N)c1NF)[C@H]1CNC(=O)C1. The first-order valence-corrected chi connectivity index (χ1v) is 12.8. The summed E-state index contributed by atoms with van der Waals surface area (Å²) in [4.78, 5) is 31.8. The van der Waals surface area contributed by atoms with Crippen LogP contribution in [0.15, 0.2) is 24.3 Å². The van der Waals surface area contributed by atoms with Crippen LogP contribution in [0.1, 0.15) is 31.7 Å². The number of likely N-dealkylation sites (tertiary alicyclic amines) is 1. The van der Waals surface area contributed by atoms with Gasteiger partial charge >= 0.3 is 0 Å². The molecule has 0 radical (unpaired) electrons. The number of benzene rings is 1. The Morgan fingerprint density at radius 1 is 1.27 bits per heavy atom. The van der Waals surface area contributed by atoms with Crippen molar-refractivity contribution in [1.82, 2.24) is 15.2 Å². The van der Waals surface area contributed by atoms with Gasteiger partial charge in [-0.1, -0.05) is 12.1 Å². The molecule has 2 amide bonds. The topological polar surface area (TPSA) is 131 Å². The summed E-state index contributed by atoms with van der Waals surface area (Å²) < 4.78 is 24.9. The van der Waals surface area contributed by atoms with Gasteiger partial charge in [0.15, 0.2) is 5.69 Å². The number of amides is 2. The number of nitrogens with one attached hydrogen (secondary N) is 3. The molecule has 1 spiro atoms. The minimum atomic E-state index is -0.528. The average Bonchev–Trinajstić information content (AvgIpc) is 3.40. The summed E-state index contributed by atoms with van der Waals surface area (Å²) >= 11 is 0. The maximum atomic E-state index is 13.6. The molecule has 5 heterocycles. The molecule has 0 aliphatic carbocycles. The number of rotatable bonds is 6. The van der Waals surface area contributed by atoms with E-state index in [0.29, 0.717) is 24.7 Å². The average molecular weight is 511 g/mol. The van der Waals surface area contributed by atoms with Gasteiger partial charge in [0, 0.05) is 30.1 Å². The number of piperidine rings is 1. The Bertz CT molecular complexity index is 1240. The smallest absolute Gasteiger partial charge is 0.243 e. The second-order valence-corrected chi connectivity index (χ2v) is 10.5. The molecule has 5 N–H and O–H groups in total. The largest absolute Gasteiger partial charge is 0.473 e. The number of ether oxygens (including phenoxy) is 2. The maximum Gasteiger partial charge on any atom is 0.243 e. The predicted octanol–water partition coefficient (Wildman–Crippen LogP) is 2.22. The zero-order valence-corrected chi connectivity index (χ0v) is 20.7. The fourth-order valence-corrected chi connectivity index (χ4v) is 5.89. The van der Waals surface area contributed by atoms with Gasteiger partial charge in [0.1, 0.15) is 6.10 Å². The number of carbonyl (C=O) groups is 2. The lowest BCUT2D eigenvalue weighted by molar-refractivity contribution is -0.124. The van der Waals surface area contributed by atoms with Crippen molar-refractivity contribution < 1.29 is 23.5 Å². The predicted molar refractivity (Wildman–Crippen MR) is 136 cm³/mol. The molecule has 6 rings (SSSR count). The highest BCUT2D eigenvalue weighted by Crippen LogP contribution is 2.47. The molecule has 3 saturated heterocycles. The van der Waals surface area contributed by atoms with Crippen molar-refractivity contribution in [3.05, 3.63) is 29.8 Å². The Kier molecular flexibility index (Phi) is 5.91. The minimum absolute atomic E-state index is 0.0256. The van der Waals surface area contributed by atoms with E-state index in [-0.39, 0.29) is 41.1 Å². The van der Waals surface area contributed by atoms with Crippen LogP contribution in [0, 0.1) is 5.92 Å². The number of nitrogens with zero attached hydrogens (tertiary/aromatic N) is 2. The summed E-state index contributed by atoms with van der Waals surface area (Å²) in [6, 6.07) is 7.85. The third-order valence-corrected chi connectivity index (χ3v) is 8.38. The first-order valence-electron chi connectivity index (χ1n) is 12.8. The fourth-order valence-electron chi connectivity index (χ4n) is 5.89. The van der Waals surface area contributed by atoms with Crippen molar-refractivity contribution in [1.29, 1.82) is 0 Å². The van der Waals surface area contributed by atoms with Crippen molar-refractivity contribution >= 4 is 28.9 Å². The van der Waals surface area contributed by atoms with E-state index in [4.69, 9.17) is 15.2 Å². The lowest BCUT2D eigenvalue weighted by atomic mass is 9.73. The van der Waals surface area contributed by atoms with Gasteiger partial charge in [0.2, 0.25) is 17.7 Å². The molecule has 37 heavy (non-hydrogen) atoms. The van der Waals surface area contributed by atoms with E-state index in [2.05, 4.69) is 20.5 Å². The molecule has 1 aromatic carbocycles. The zero-order chi connectivity index (χ0) is 25.7. The molecule has 1 aromatic heterocycles. The van der Waals surface area contributed by atoms with Crippen molar-refractivity contribution in [3.63, 3.8) is 0 Å². The Balaban J connectivity index is 1.26. The van der Waals surface area contributed by atoms with Gasteiger partial charge in [-0.15, -0.1) is 4.48 Å². The second-order valence-electron chi connectivity index (χ2n) is 10.5. The van der Waals surface area contributed by atoms with Crippen LogP contribution in [-0.2, 0) is 19.7 Å². The van der Waals surface area contributed by atoms with Crippen LogP contribution in [0.5, 0.6) is 5.88 Å². The van der Waals surface area contributed by atoms with Gasteiger partial charge in [0.25, 0.3) is 0 Å². The standard InChI is InChI=1S/C26H31FN6O4/c1-14(16-9-22(34)29-11-16)37-24-23(32-27)19(28)10-20(30-24)15-2-3-18-21(8-15)31-25(35)26(18)4-6-33(7-5-26)17-12-36-13-17/h2-3,8,10,14,16-17,32H,4-7,9,11-13H2,1H3,(H2,28,30)(H,29,34)(H,31,35)/t14-,16-/m1/s1. The molecule has 4 aliphatic rings. The van der Waals surface area contributed by atoms with E-state index in [1.807, 2.05) is 25.1 Å². The number of hydrogen-bond donors (Lipinski definition) is 4. The third-order valence-electron chi connectivity index (χ3n) is 8.38. The van der Waals surface area contributed by atoms with Gasteiger partial charge < -0.3 is 25.8 Å². The summed E-state index contributed by atoms with van der Waals surface area (Å²) in [7, 11) is 0. The number of halogens is 1. The third kappa shape index (κ3) is 4.06. The quantitative estimate of drug-likeness (QED) is 0.435. The van der Waals surface area contributed by atoms with Gasteiger partial charge in [-0.2, -0.15) is 0 Å². The first-order chi connectivity index (χ1) is 17.9. The lowest BCUT2D eigenvalue weighted by Crippen LogP contribution is -2.55. The summed E-state index contributed by atoms with van der Waals surface area (Å²) in [5.41, 5.74) is 10.3. The van der Waals surface area contributed by atoms with E-state index in [0.717, 1.165) is 56.0 Å². The highest BCUT2D eigenvalue weighted by molar-refractivity contribution is 6.07. The van der Waals surface area contributed by atoms with Crippen molar-refractivity contribution in [2.24, 2.45) is 5.92 Å². The molecule has 4 aliphatic heterocycles. The molecule has 0 bridgehead atoms. The zero-order valence-electron chi connectivity index (χ0n) is 20.7. The first kappa shape index (κ1) is 23.9. The van der Waals surface area contributed by atoms with E-state index in [1.54, 1.807) is 11.6 Å². The fraction of sp³-hybridized carbons (Fsp3) is 0.500. The summed E-state index contributed by atoms with van der Waals surface area (Å²) in [5, 5.41) is 5.86. The van der Waals surface area contributed by atoms with Gasteiger partial charge in [-0.05, 0) is 50.6 Å². The van der Waals surface area contributed by atoms with E-state index in [1.165, 1.54) is 0 Å². The summed E-state index contributed by atoms with van der Waals surface area (Å²) in [6.45, 7) is 5.58. The van der Waals surface area contributed by atoms with Crippen molar-refractivity contribution in [3.8, 4) is 17.1 Å². The molecular formula is C26H31FN6O4. The van der Waals surface area contributed by atoms with E-state index in [9.17, 15) is 14.1 Å². The molecular weight excluding hydrogens is 479 g/mol. The Labute approximate surface area is 214 Å². The lowest BCUT2D eigenvalue weighted by Gasteiger charge is -2.44. The number of fused-ring (bicyclic) bond motifs is 2. The Hall–Kier alpha value is -3.44. The van der Waals surface area contributed by atoms with Crippen LogP contribution in [0.4, 0.5) is 21.5 Å². The van der Waals surface area contributed by atoms with Crippen LogP contribution in [0.3, 0.4) is 0 Å². The van der Waals surface area contributed by atoms with Gasteiger partial charge in [0.05, 0.1) is 36.1 Å². The number of anilines is 3. The monoisotopic (exact) mass is 510 g/mol. The molecule has 11 heteroatoms. The molecule has 3 fully saturated rings. The highest BCUT2D eigenvalue weighted by Gasteiger charge is 2.49. The molecule has 0 saturated carbocycles. The number of nitrogens with two attached hydrogens (primary N) is 1. The van der Waals surface area contributed by atoms with Crippen LogP contribution >= 0.6 is 0 Å². The van der Waals surface area contributed by atoms with E-state index < -0.39 is 5.41 Å². The van der Waals surface area contributed by atoms with Crippen LogP contribution < -0.4 is 26.6 Å². The number of nitrogen functional groups attached to an aromatic ring is 1. The number of carbonyl (C=O) groups excluding carboxylic acids is 2. The minimum Gasteiger partial charge on any atom is -0.473 e. The van der Waals surface area contributed by atoms with Crippen LogP contribution in [0.2, 0.25) is 0 Å². The Morgan fingerprint density at radius 3 is 2.70 bits per heavy atom. The van der Waals surface area contributed by atoms with Crippen molar-refractivity contribution in [2.75, 3.05) is 49.4 Å².